The summed E-state index contributed by atoms with van der Waals surface area (Å²) in [5.41, 5.74) is 9.53. The Bertz CT molecular complexity index is 1230. The quantitative estimate of drug-likeness (QED) is 0.361. The molecule has 8 heteroatoms. The summed E-state index contributed by atoms with van der Waals surface area (Å²) in [6, 6.07) is 18.2. The Kier molecular flexibility index (Phi) is 5.61. The van der Waals surface area contributed by atoms with Crippen molar-refractivity contribution in [2.24, 2.45) is 0 Å². The molecule has 1 aromatic heterocycles. The number of nitrogen functional groups attached to an aromatic ring is 1. The largest absolute Gasteiger partial charge is 0.382 e. The van der Waals surface area contributed by atoms with Gasteiger partial charge in [-0.3, -0.25) is 14.7 Å². The normalized spacial score (nSPS) is 10.7. The van der Waals surface area contributed by atoms with E-state index in [0.29, 0.717) is 16.9 Å². The van der Waals surface area contributed by atoms with Gasteiger partial charge in [-0.15, -0.1) is 0 Å². The second-order valence-corrected chi connectivity index (χ2v) is 6.93. The van der Waals surface area contributed by atoms with Gasteiger partial charge in [-0.05, 0) is 53.6 Å². The van der Waals surface area contributed by atoms with Crippen molar-refractivity contribution in [2.75, 3.05) is 18.8 Å². The van der Waals surface area contributed by atoms with Crippen molar-refractivity contribution in [2.45, 2.75) is 0 Å². The number of H-pyrrole nitrogens is 1. The molecule has 0 aliphatic rings. The zero-order valence-corrected chi connectivity index (χ0v) is 16.5. The maximum atomic E-state index is 12.9. The minimum absolute atomic E-state index is 0.247. The van der Waals surface area contributed by atoms with Crippen LogP contribution in [0.3, 0.4) is 0 Å². The van der Waals surface area contributed by atoms with Crippen LogP contribution in [-0.2, 0) is 0 Å². The van der Waals surface area contributed by atoms with Crippen LogP contribution in [0.25, 0.3) is 22.0 Å². The fraction of sp³-hybridized carbons (Fsp3) is 0.0870. The number of nitrogens with two attached hydrogens (primary N) is 1. The third-order valence-electron chi connectivity index (χ3n) is 4.88. The molecule has 0 atom stereocenters. The molecule has 0 aliphatic heterocycles. The summed E-state index contributed by atoms with van der Waals surface area (Å²) in [6.07, 6.45) is 0. The summed E-state index contributed by atoms with van der Waals surface area (Å²) in [5, 5.41) is 13.2. The minimum Gasteiger partial charge on any atom is -0.382 e. The predicted molar refractivity (Wildman–Crippen MR) is 117 cm³/mol. The first-order valence-corrected chi connectivity index (χ1v) is 9.68. The van der Waals surface area contributed by atoms with Gasteiger partial charge in [-0.25, -0.2) is 4.39 Å². The van der Waals surface area contributed by atoms with E-state index in [9.17, 15) is 14.0 Å². The number of hydrogen-bond donors (Lipinski definition) is 4. The van der Waals surface area contributed by atoms with Crippen molar-refractivity contribution in [3.8, 4) is 11.1 Å². The van der Waals surface area contributed by atoms with Crippen molar-refractivity contribution in [1.82, 2.24) is 20.8 Å². The van der Waals surface area contributed by atoms with Gasteiger partial charge >= 0.3 is 0 Å². The number of hydrogen-bond acceptors (Lipinski definition) is 4. The lowest BCUT2D eigenvalue weighted by Gasteiger charge is -2.09. The molecule has 0 unspecified atom stereocenters. The lowest BCUT2D eigenvalue weighted by atomic mass is 10.00. The van der Waals surface area contributed by atoms with Gasteiger partial charge in [0.15, 0.2) is 5.82 Å². The van der Waals surface area contributed by atoms with Crippen molar-refractivity contribution in [1.29, 1.82) is 0 Å². The summed E-state index contributed by atoms with van der Waals surface area (Å²) in [5.74, 6) is -0.551. The zero-order valence-electron chi connectivity index (χ0n) is 16.5. The van der Waals surface area contributed by atoms with Crippen LogP contribution in [0.4, 0.5) is 10.2 Å². The molecule has 0 aliphatic carbocycles. The Balaban J connectivity index is 1.34. The smallest absolute Gasteiger partial charge is 0.251 e. The maximum absolute atomic E-state index is 12.9. The molecular formula is C23H20FN5O2. The first kappa shape index (κ1) is 20.1. The average Bonchev–Trinajstić information content (AvgIpc) is 3.18. The first-order valence-electron chi connectivity index (χ1n) is 9.68. The Hall–Kier alpha value is -4.20. The standard InChI is InChI=1S/C23H20FN5O2/c24-17-10-8-16(9-11-17)23(31)27-13-12-26-22(30)15-6-4-14(5-7-15)18-2-1-3-19-20(18)21(25)29-28-19/h1-11H,12-13H2,(H,26,30)(H,27,31)(H3,25,28,29). The highest BCUT2D eigenvalue weighted by molar-refractivity contribution is 6.02. The zero-order chi connectivity index (χ0) is 21.8. The van der Waals surface area contributed by atoms with Crippen LogP contribution in [0, 0.1) is 5.82 Å². The fourth-order valence-electron chi connectivity index (χ4n) is 3.30. The molecule has 0 spiro atoms. The van der Waals surface area contributed by atoms with Crippen LogP contribution in [0.5, 0.6) is 0 Å². The average molecular weight is 417 g/mol. The van der Waals surface area contributed by atoms with Crippen LogP contribution in [0.15, 0.2) is 66.7 Å². The number of aromatic nitrogens is 2. The molecule has 0 radical (unpaired) electrons. The molecular weight excluding hydrogens is 397 g/mol. The Morgan fingerprint density at radius 3 is 2.06 bits per heavy atom. The van der Waals surface area contributed by atoms with Crippen LogP contribution in [0.1, 0.15) is 20.7 Å². The number of halogens is 1. The van der Waals surface area contributed by atoms with Gasteiger partial charge in [0.1, 0.15) is 5.82 Å². The molecule has 156 valence electrons. The summed E-state index contributed by atoms with van der Waals surface area (Å²) >= 11 is 0. The summed E-state index contributed by atoms with van der Waals surface area (Å²) in [7, 11) is 0. The van der Waals surface area contributed by atoms with Crippen molar-refractivity contribution in [3.63, 3.8) is 0 Å². The first-order chi connectivity index (χ1) is 15.0. The number of carbonyl (C=O) groups is 2. The topological polar surface area (TPSA) is 113 Å². The predicted octanol–water partition coefficient (Wildman–Crippen LogP) is 3.11. The molecule has 4 aromatic rings. The molecule has 4 rings (SSSR count). The lowest BCUT2D eigenvalue weighted by molar-refractivity contribution is 0.0927. The van der Waals surface area contributed by atoms with Crippen LogP contribution >= 0.6 is 0 Å². The van der Waals surface area contributed by atoms with E-state index in [1.165, 1.54) is 24.3 Å². The third-order valence-corrected chi connectivity index (χ3v) is 4.88. The molecule has 0 fully saturated rings. The van der Waals surface area contributed by atoms with E-state index >= 15 is 0 Å². The SMILES string of the molecule is Nc1n[nH]c2cccc(-c3ccc(C(=O)NCCNC(=O)c4ccc(F)cc4)cc3)c12. The number of anilines is 1. The molecule has 1 heterocycles. The highest BCUT2D eigenvalue weighted by Gasteiger charge is 2.11. The summed E-state index contributed by atoms with van der Waals surface area (Å²) < 4.78 is 12.9. The number of nitrogens with zero attached hydrogens (tertiary/aromatic N) is 1. The van der Waals surface area contributed by atoms with E-state index in [4.69, 9.17) is 5.73 Å². The molecule has 0 saturated heterocycles. The molecule has 0 bridgehead atoms. The van der Waals surface area contributed by atoms with Gasteiger partial charge in [0, 0.05) is 24.2 Å². The Morgan fingerprint density at radius 2 is 1.45 bits per heavy atom. The van der Waals surface area contributed by atoms with Gasteiger partial charge in [-0.1, -0.05) is 24.3 Å². The third kappa shape index (κ3) is 4.37. The monoisotopic (exact) mass is 417 g/mol. The number of rotatable bonds is 6. The molecule has 5 N–H and O–H groups in total. The van der Waals surface area contributed by atoms with E-state index in [1.807, 2.05) is 30.3 Å². The number of carbonyl (C=O) groups excluding carboxylic acids is 2. The van der Waals surface area contributed by atoms with E-state index < -0.39 is 5.82 Å². The van der Waals surface area contributed by atoms with Crippen molar-refractivity contribution < 1.29 is 14.0 Å². The Labute approximate surface area is 177 Å². The van der Waals surface area contributed by atoms with E-state index in [2.05, 4.69) is 20.8 Å². The van der Waals surface area contributed by atoms with Gasteiger partial charge in [0.05, 0.1) is 10.9 Å². The second kappa shape index (κ2) is 8.66. The van der Waals surface area contributed by atoms with E-state index in [1.54, 1.807) is 12.1 Å². The van der Waals surface area contributed by atoms with Crippen molar-refractivity contribution >= 4 is 28.5 Å². The van der Waals surface area contributed by atoms with Crippen LogP contribution < -0.4 is 16.4 Å². The number of fused-ring (bicyclic) bond motifs is 1. The van der Waals surface area contributed by atoms with Gasteiger partial charge in [-0.2, -0.15) is 5.10 Å². The molecule has 2 amide bonds. The number of aromatic amines is 1. The highest BCUT2D eigenvalue weighted by atomic mass is 19.1. The van der Waals surface area contributed by atoms with E-state index in [-0.39, 0.29) is 24.9 Å². The van der Waals surface area contributed by atoms with Crippen molar-refractivity contribution in [3.05, 3.63) is 83.7 Å². The molecule has 3 aromatic carbocycles. The minimum atomic E-state index is -0.403. The number of amides is 2. The number of benzene rings is 3. The van der Waals surface area contributed by atoms with Gasteiger partial charge < -0.3 is 16.4 Å². The Morgan fingerprint density at radius 1 is 0.871 bits per heavy atom. The number of nitrogens with one attached hydrogen (secondary N) is 3. The molecule has 31 heavy (non-hydrogen) atoms. The highest BCUT2D eigenvalue weighted by Crippen LogP contribution is 2.31. The lowest BCUT2D eigenvalue weighted by Crippen LogP contribution is -2.34. The van der Waals surface area contributed by atoms with Crippen LogP contribution in [0.2, 0.25) is 0 Å². The van der Waals surface area contributed by atoms with E-state index in [0.717, 1.165) is 22.0 Å². The maximum Gasteiger partial charge on any atom is 0.251 e. The fourth-order valence-corrected chi connectivity index (χ4v) is 3.30. The molecule has 0 saturated carbocycles. The summed E-state index contributed by atoms with van der Waals surface area (Å²) in [4.78, 5) is 24.3. The van der Waals surface area contributed by atoms with Gasteiger partial charge in [0.25, 0.3) is 11.8 Å². The summed E-state index contributed by atoms with van der Waals surface area (Å²) in [6.45, 7) is 0.514. The van der Waals surface area contributed by atoms with Gasteiger partial charge in [0.2, 0.25) is 0 Å². The van der Waals surface area contributed by atoms with Crippen LogP contribution in [-0.4, -0.2) is 35.1 Å². The molecule has 7 nitrogen and oxygen atoms in total. The second-order valence-electron chi connectivity index (χ2n) is 6.93.